The third kappa shape index (κ3) is 5.31. The highest BCUT2D eigenvalue weighted by Gasteiger charge is 2.33. The molecule has 0 bridgehead atoms. The molecule has 1 aromatic heterocycles. The highest BCUT2D eigenvalue weighted by atomic mass is 32.2. The van der Waals surface area contributed by atoms with Gasteiger partial charge in [0.2, 0.25) is 10.0 Å². The Labute approximate surface area is 200 Å². The van der Waals surface area contributed by atoms with Crippen LogP contribution in [0.15, 0.2) is 82.5 Å². The monoisotopic (exact) mass is 500 g/mol. The molecule has 0 aliphatic heterocycles. The maximum Gasteiger partial charge on any atom is 0.416 e. The van der Waals surface area contributed by atoms with Crippen molar-refractivity contribution >= 4 is 20.9 Å². The summed E-state index contributed by atoms with van der Waals surface area (Å²) in [5.41, 5.74) is 1.81. The van der Waals surface area contributed by atoms with E-state index in [2.05, 4.69) is 4.98 Å². The van der Waals surface area contributed by atoms with Gasteiger partial charge in [0, 0.05) is 29.6 Å². The van der Waals surface area contributed by atoms with Gasteiger partial charge in [0.25, 0.3) is 5.56 Å². The van der Waals surface area contributed by atoms with Crippen LogP contribution in [0.3, 0.4) is 0 Å². The van der Waals surface area contributed by atoms with Crippen molar-refractivity contribution in [3.63, 3.8) is 0 Å². The fraction of sp³-hybridized carbons (Fsp3) is 0.192. The molecule has 0 saturated carbocycles. The third-order valence-corrected chi connectivity index (χ3v) is 7.52. The molecule has 0 radical (unpaired) electrons. The number of alkyl halides is 3. The zero-order chi connectivity index (χ0) is 25.4. The number of sulfonamides is 1. The number of pyridine rings is 1. The van der Waals surface area contributed by atoms with Crippen LogP contribution >= 0.6 is 0 Å². The number of nitrogens with one attached hydrogen (secondary N) is 1. The molecule has 0 amide bonds. The maximum atomic E-state index is 13.6. The van der Waals surface area contributed by atoms with Crippen LogP contribution in [-0.2, 0) is 29.3 Å². The Hall–Kier alpha value is -3.43. The molecule has 0 spiro atoms. The van der Waals surface area contributed by atoms with Gasteiger partial charge in [-0.3, -0.25) is 4.79 Å². The van der Waals surface area contributed by atoms with Crippen LogP contribution in [0, 0.1) is 13.8 Å². The fourth-order valence-corrected chi connectivity index (χ4v) is 5.47. The second-order valence-corrected chi connectivity index (χ2v) is 10.4. The number of H-pyrrole nitrogens is 1. The average molecular weight is 501 g/mol. The molecule has 0 aliphatic rings. The van der Waals surface area contributed by atoms with Crippen molar-refractivity contribution in [3.8, 4) is 0 Å². The first kappa shape index (κ1) is 24.7. The summed E-state index contributed by atoms with van der Waals surface area (Å²) in [4.78, 5) is 15.2. The summed E-state index contributed by atoms with van der Waals surface area (Å²) in [5, 5.41) is 0.765. The van der Waals surface area contributed by atoms with E-state index in [-0.39, 0.29) is 18.7 Å². The minimum atomic E-state index is -4.69. The molecule has 5 nitrogen and oxygen atoms in total. The topological polar surface area (TPSA) is 70.2 Å². The molecule has 0 fully saturated rings. The second kappa shape index (κ2) is 9.31. The average Bonchev–Trinajstić information content (AvgIpc) is 2.79. The van der Waals surface area contributed by atoms with Crippen molar-refractivity contribution in [1.82, 2.24) is 9.29 Å². The summed E-state index contributed by atoms with van der Waals surface area (Å²) in [7, 11) is -4.39. The molecule has 0 aliphatic carbocycles. The molecule has 4 aromatic rings. The SMILES string of the molecule is Cc1cc(C)c2cc(CN(Cc3ccccc3)S(=O)(=O)c3cccc(C(F)(F)F)c3)c(=O)[nH]c2c1. The summed E-state index contributed by atoms with van der Waals surface area (Å²) in [6.07, 6.45) is -4.69. The molecule has 1 heterocycles. The zero-order valence-electron chi connectivity index (χ0n) is 19.1. The number of fused-ring (bicyclic) bond motifs is 1. The standard InChI is InChI=1S/C26H23F3N2O3S/c1-17-11-18(2)23-13-20(25(32)30-24(23)12-17)16-31(15-19-7-4-3-5-8-19)35(33,34)22-10-6-9-21(14-22)26(27,28)29/h3-14H,15-16H2,1-2H3,(H,30,32). The molecule has 35 heavy (non-hydrogen) atoms. The van der Waals surface area contributed by atoms with Crippen LogP contribution < -0.4 is 5.56 Å². The normalized spacial score (nSPS) is 12.4. The van der Waals surface area contributed by atoms with Crippen LogP contribution in [0.2, 0.25) is 0 Å². The van der Waals surface area contributed by atoms with Gasteiger partial charge in [0.1, 0.15) is 0 Å². The summed E-state index contributed by atoms with van der Waals surface area (Å²) in [5.74, 6) is 0. The maximum absolute atomic E-state index is 13.6. The summed E-state index contributed by atoms with van der Waals surface area (Å²) >= 11 is 0. The Balaban J connectivity index is 1.81. The van der Waals surface area contributed by atoms with Gasteiger partial charge in [-0.15, -0.1) is 0 Å². The van der Waals surface area contributed by atoms with Crippen molar-refractivity contribution in [3.05, 3.63) is 111 Å². The molecular formula is C26H23F3N2O3S. The molecule has 0 saturated heterocycles. The third-order valence-electron chi connectivity index (χ3n) is 5.74. The van der Waals surface area contributed by atoms with E-state index in [0.717, 1.165) is 39.0 Å². The smallest absolute Gasteiger partial charge is 0.322 e. The first-order valence-electron chi connectivity index (χ1n) is 10.8. The number of aromatic amines is 1. The molecule has 3 aromatic carbocycles. The van der Waals surface area contributed by atoms with Crippen LogP contribution in [0.5, 0.6) is 0 Å². The number of nitrogens with zero attached hydrogens (tertiary/aromatic N) is 1. The van der Waals surface area contributed by atoms with Gasteiger partial charge in [0.05, 0.1) is 10.5 Å². The molecule has 0 unspecified atom stereocenters. The molecule has 0 atom stereocenters. The lowest BCUT2D eigenvalue weighted by molar-refractivity contribution is -0.137. The second-order valence-electron chi connectivity index (χ2n) is 8.45. The van der Waals surface area contributed by atoms with Crippen molar-refractivity contribution in [2.45, 2.75) is 38.0 Å². The first-order chi connectivity index (χ1) is 16.4. The van der Waals surface area contributed by atoms with E-state index in [9.17, 15) is 26.4 Å². The van der Waals surface area contributed by atoms with Gasteiger partial charge in [0.15, 0.2) is 0 Å². The van der Waals surface area contributed by atoms with Gasteiger partial charge in [-0.25, -0.2) is 8.42 Å². The van der Waals surface area contributed by atoms with Crippen molar-refractivity contribution in [2.24, 2.45) is 0 Å². The van der Waals surface area contributed by atoms with Gasteiger partial charge < -0.3 is 4.98 Å². The van der Waals surface area contributed by atoms with Crippen molar-refractivity contribution < 1.29 is 21.6 Å². The molecule has 4 rings (SSSR count). The van der Waals surface area contributed by atoms with Gasteiger partial charge >= 0.3 is 6.18 Å². The van der Waals surface area contributed by atoms with Crippen LogP contribution in [0.1, 0.15) is 27.8 Å². The highest BCUT2D eigenvalue weighted by molar-refractivity contribution is 7.89. The Bertz CT molecular complexity index is 1550. The van der Waals surface area contributed by atoms with Gasteiger partial charge in [-0.1, -0.05) is 42.5 Å². The van der Waals surface area contributed by atoms with Crippen molar-refractivity contribution in [1.29, 1.82) is 0 Å². The minimum Gasteiger partial charge on any atom is -0.322 e. The van der Waals surface area contributed by atoms with E-state index in [1.807, 2.05) is 26.0 Å². The minimum absolute atomic E-state index is 0.121. The number of aromatic nitrogens is 1. The zero-order valence-corrected chi connectivity index (χ0v) is 19.9. The number of rotatable bonds is 6. The number of hydrogen-bond donors (Lipinski definition) is 1. The summed E-state index contributed by atoms with van der Waals surface area (Å²) in [6.45, 7) is 3.36. The number of halogens is 3. The Morgan fingerprint density at radius 2 is 1.60 bits per heavy atom. The number of aryl methyl sites for hydroxylation is 2. The van der Waals surface area contributed by atoms with Crippen LogP contribution in [0.4, 0.5) is 13.2 Å². The van der Waals surface area contributed by atoms with E-state index in [1.54, 1.807) is 36.4 Å². The van der Waals surface area contributed by atoms with Crippen LogP contribution in [0.25, 0.3) is 10.9 Å². The van der Waals surface area contributed by atoms with E-state index >= 15 is 0 Å². The quantitative estimate of drug-likeness (QED) is 0.377. The van der Waals surface area contributed by atoms with E-state index < -0.39 is 32.2 Å². The Morgan fingerprint density at radius 3 is 2.29 bits per heavy atom. The lowest BCUT2D eigenvalue weighted by Gasteiger charge is -2.23. The molecular weight excluding hydrogens is 477 g/mol. The summed E-state index contributed by atoms with van der Waals surface area (Å²) in [6, 6.07) is 17.7. The predicted molar refractivity (Wildman–Crippen MR) is 128 cm³/mol. The van der Waals surface area contributed by atoms with Gasteiger partial charge in [-0.05, 0) is 60.9 Å². The lowest BCUT2D eigenvalue weighted by Crippen LogP contribution is -2.32. The van der Waals surface area contributed by atoms with E-state index in [4.69, 9.17) is 0 Å². The Kier molecular flexibility index (Phi) is 6.57. The number of benzene rings is 3. The summed E-state index contributed by atoms with van der Waals surface area (Å²) < 4.78 is 67.9. The van der Waals surface area contributed by atoms with E-state index in [0.29, 0.717) is 17.1 Å². The predicted octanol–water partition coefficient (Wildman–Crippen LogP) is 5.55. The molecule has 9 heteroatoms. The highest BCUT2D eigenvalue weighted by Crippen LogP contribution is 2.32. The number of hydrogen-bond acceptors (Lipinski definition) is 3. The largest absolute Gasteiger partial charge is 0.416 e. The Morgan fingerprint density at radius 1 is 0.886 bits per heavy atom. The van der Waals surface area contributed by atoms with Crippen LogP contribution in [-0.4, -0.2) is 17.7 Å². The lowest BCUT2D eigenvalue weighted by atomic mass is 10.0. The first-order valence-corrected chi connectivity index (χ1v) is 12.2. The fourth-order valence-electron chi connectivity index (χ4n) is 4.02. The van der Waals surface area contributed by atoms with E-state index in [1.165, 1.54) is 0 Å². The molecule has 1 N–H and O–H groups in total. The van der Waals surface area contributed by atoms with Crippen molar-refractivity contribution in [2.75, 3.05) is 0 Å². The molecule has 182 valence electrons. The van der Waals surface area contributed by atoms with Gasteiger partial charge in [-0.2, -0.15) is 17.5 Å².